The molecule has 1 aromatic heterocycles. The first-order chi connectivity index (χ1) is 15.3. The topological polar surface area (TPSA) is 82.6 Å². The van der Waals surface area contributed by atoms with Crippen LogP contribution in [0.25, 0.3) is 11.3 Å². The minimum atomic E-state index is -3.90. The molecule has 1 aliphatic rings. The van der Waals surface area contributed by atoms with Crippen molar-refractivity contribution in [3.05, 3.63) is 65.3 Å². The molecule has 1 aliphatic heterocycles. The van der Waals surface area contributed by atoms with E-state index in [1.54, 1.807) is 0 Å². The monoisotopic (exact) mass is 474 g/mol. The Kier molecular flexibility index (Phi) is 6.66. The average Bonchev–Trinajstić information content (AvgIpc) is 3.23. The van der Waals surface area contributed by atoms with Crippen molar-refractivity contribution in [1.29, 1.82) is 0 Å². The van der Waals surface area contributed by atoms with E-state index in [0.29, 0.717) is 18.2 Å². The van der Waals surface area contributed by atoms with Crippen LogP contribution in [-0.2, 0) is 14.8 Å². The Labute approximate surface area is 190 Å². The van der Waals surface area contributed by atoms with Gasteiger partial charge in [0.1, 0.15) is 10.7 Å². The van der Waals surface area contributed by atoms with Gasteiger partial charge in [-0.2, -0.15) is 4.31 Å². The van der Waals surface area contributed by atoms with Crippen molar-refractivity contribution in [3.63, 3.8) is 0 Å². The molecule has 10 heteroatoms. The van der Waals surface area contributed by atoms with Gasteiger partial charge in [-0.05, 0) is 19.1 Å². The summed E-state index contributed by atoms with van der Waals surface area (Å²) in [7, 11) is -3.90. The summed E-state index contributed by atoms with van der Waals surface area (Å²) in [6, 6.07) is 13.4. The number of sulfonamides is 1. The fourth-order valence-corrected chi connectivity index (χ4v) is 5.69. The second-order valence-electron chi connectivity index (χ2n) is 7.56. The molecular formula is C22H23FN4O3S2. The molecule has 1 saturated heterocycles. The smallest absolute Gasteiger partial charge is 0.246 e. The van der Waals surface area contributed by atoms with Crippen LogP contribution in [0.1, 0.15) is 5.56 Å². The Morgan fingerprint density at radius 1 is 1.09 bits per heavy atom. The molecule has 0 spiro atoms. The van der Waals surface area contributed by atoms with Crippen molar-refractivity contribution in [2.24, 2.45) is 0 Å². The normalized spacial score (nSPS) is 15.6. The molecular weight excluding hydrogens is 451 g/mol. The van der Waals surface area contributed by atoms with Gasteiger partial charge in [-0.25, -0.2) is 17.8 Å². The van der Waals surface area contributed by atoms with E-state index in [-0.39, 0.29) is 30.4 Å². The van der Waals surface area contributed by atoms with Crippen LogP contribution in [0, 0.1) is 12.7 Å². The van der Waals surface area contributed by atoms with Crippen molar-refractivity contribution in [3.8, 4) is 11.3 Å². The summed E-state index contributed by atoms with van der Waals surface area (Å²) in [4.78, 5) is 18.5. The molecule has 4 rings (SSSR count). The number of carbonyl (C=O) groups excluding carboxylic acids is 1. The van der Waals surface area contributed by atoms with Gasteiger partial charge < -0.3 is 5.32 Å². The van der Waals surface area contributed by atoms with Gasteiger partial charge in [0.25, 0.3) is 0 Å². The van der Waals surface area contributed by atoms with Gasteiger partial charge in [-0.1, -0.05) is 42.0 Å². The van der Waals surface area contributed by atoms with Crippen molar-refractivity contribution < 1.29 is 17.6 Å². The summed E-state index contributed by atoms with van der Waals surface area (Å²) in [5.74, 6) is -0.969. The first kappa shape index (κ1) is 22.5. The zero-order chi connectivity index (χ0) is 22.7. The third-order valence-corrected chi connectivity index (χ3v) is 7.94. The summed E-state index contributed by atoms with van der Waals surface area (Å²) in [5.41, 5.74) is 2.95. The van der Waals surface area contributed by atoms with Crippen molar-refractivity contribution >= 4 is 32.4 Å². The molecule has 1 amide bonds. The largest absolute Gasteiger partial charge is 0.301 e. The Balaban J connectivity index is 1.30. The van der Waals surface area contributed by atoms with Gasteiger partial charge in [-0.3, -0.25) is 9.69 Å². The van der Waals surface area contributed by atoms with E-state index in [1.165, 1.54) is 39.4 Å². The average molecular weight is 475 g/mol. The number of benzene rings is 2. The van der Waals surface area contributed by atoms with Crippen LogP contribution in [-0.4, -0.2) is 61.2 Å². The second-order valence-corrected chi connectivity index (χ2v) is 10.3. The molecule has 0 saturated carbocycles. The highest BCUT2D eigenvalue weighted by Crippen LogP contribution is 2.25. The molecule has 3 aromatic rings. The molecule has 2 heterocycles. The van der Waals surface area contributed by atoms with E-state index in [1.807, 2.05) is 41.5 Å². The predicted octanol–water partition coefficient (Wildman–Crippen LogP) is 3.20. The molecule has 1 N–H and O–H groups in total. The van der Waals surface area contributed by atoms with Gasteiger partial charge in [0.05, 0.1) is 12.2 Å². The zero-order valence-electron chi connectivity index (χ0n) is 17.5. The van der Waals surface area contributed by atoms with Crippen molar-refractivity contribution in [2.45, 2.75) is 11.8 Å². The first-order valence-electron chi connectivity index (χ1n) is 10.1. The maximum Gasteiger partial charge on any atom is 0.246 e. The second kappa shape index (κ2) is 9.45. The van der Waals surface area contributed by atoms with E-state index in [2.05, 4.69) is 10.3 Å². The molecule has 2 aromatic carbocycles. The van der Waals surface area contributed by atoms with Crippen LogP contribution < -0.4 is 5.32 Å². The quantitative estimate of drug-likeness (QED) is 0.593. The predicted molar refractivity (Wildman–Crippen MR) is 123 cm³/mol. The van der Waals surface area contributed by atoms with Crippen LogP contribution in [0.3, 0.4) is 0 Å². The van der Waals surface area contributed by atoms with E-state index in [4.69, 9.17) is 0 Å². The number of hydrogen-bond donors (Lipinski definition) is 1. The van der Waals surface area contributed by atoms with Gasteiger partial charge >= 0.3 is 0 Å². The molecule has 0 unspecified atom stereocenters. The number of thiazole rings is 1. The van der Waals surface area contributed by atoms with E-state index in [0.717, 1.165) is 17.3 Å². The highest BCUT2D eigenvalue weighted by Gasteiger charge is 2.30. The fourth-order valence-electron chi connectivity index (χ4n) is 3.47. The fraction of sp³-hybridized carbons (Fsp3) is 0.273. The molecule has 32 heavy (non-hydrogen) atoms. The van der Waals surface area contributed by atoms with Crippen molar-refractivity contribution in [1.82, 2.24) is 14.2 Å². The van der Waals surface area contributed by atoms with E-state index < -0.39 is 15.8 Å². The molecule has 0 aliphatic carbocycles. The lowest BCUT2D eigenvalue weighted by Gasteiger charge is -2.33. The Morgan fingerprint density at radius 2 is 1.78 bits per heavy atom. The van der Waals surface area contributed by atoms with E-state index in [9.17, 15) is 17.6 Å². The highest BCUT2D eigenvalue weighted by atomic mass is 32.2. The van der Waals surface area contributed by atoms with Crippen LogP contribution in [0.5, 0.6) is 0 Å². The number of rotatable bonds is 6. The number of amides is 1. The molecule has 0 bridgehead atoms. The number of hydrogen-bond acceptors (Lipinski definition) is 6. The van der Waals surface area contributed by atoms with Crippen LogP contribution >= 0.6 is 11.3 Å². The molecule has 7 nitrogen and oxygen atoms in total. The maximum absolute atomic E-state index is 13.9. The lowest BCUT2D eigenvalue weighted by Crippen LogP contribution is -2.50. The molecule has 0 atom stereocenters. The summed E-state index contributed by atoms with van der Waals surface area (Å²) >= 11 is 1.36. The van der Waals surface area contributed by atoms with Gasteiger partial charge in [-0.15, -0.1) is 11.3 Å². The SMILES string of the molecule is Cc1ccc(-c2csc(NC(=O)CN3CCN(S(=O)(=O)c4ccccc4F)CC3)n2)cc1. The molecule has 168 valence electrons. The van der Waals surface area contributed by atoms with Crippen LogP contribution in [0.4, 0.5) is 9.52 Å². The number of nitrogens with zero attached hydrogens (tertiary/aromatic N) is 3. The number of halogens is 1. The number of aryl methyl sites for hydroxylation is 1. The highest BCUT2D eigenvalue weighted by molar-refractivity contribution is 7.89. The van der Waals surface area contributed by atoms with Crippen LogP contribution in [0.15, 0.2) is 58.8 Å². The number of carbonyl (C=O) groups is 1. The summed E-state index contributed by atoms with van der Waals surface area (Å²) in [5, 5.41) is 5.23. The molecule has 0 radical (unpaired) electrons. The Bertz CT molecular complexity index is 1200. The third-order valence-electron chi connectivity index (χ3n) is 5.25. The van der Waals surface area contributed by atoms with Crippen molar-refractivity contribution in [2.75, 3.05) is 38.0 Å². The van der Waals surface area contributed by atoms with Crippen LogP contribution in [0.2, 0.25) is 0 Å². The minimum Gasteiger partial charge on any atom is -0.301 e. The first-order valence-corrected chi connectivity index (χ1v) is 12.4. The maximum atomic E-state index is 13.9. The number of piperazine rings is 1. The lowest BCUT2D eigenvalue weighted by molar-refractivity contribution is -0.117. The Hall–Kier alpha value is -2.66. The number of nitrogens with one attached hydrogen (secondary N) is 1. The number of aromatic nitrogens is 1. The number of anilines is 1. The zero-order valence-corrected chi connectivity index (χ0v) is 19.1. The van der Waals surface area contributed by atoms with Gasteiger partial charge in [0.2, 0.25) is 15.9 Å². The lowest BCUT2D eigenvalue weighted by atomic mass is 10.1. The third kappa shape index (κ3) is 5.04. The summed E-state index contributed by atoms with van der Waals surface area (Å²) in [6.45, 7) is 3.30. The minimum absolute atomic E-state index is 0.132. The summed E-state index contributed by atoms with van der Waals surface area (Å²) in [6.07, 6.45) is 0. The van der Waals surface area contributed by atoms with E-state index >= 15 is 0 Å². The molecule has 1 fully saturated rings. The standard InChI is InChI=1S/C22H23FN4O3S2/c1-16-6-8-17(9-7-16)19-15-31-22(24-19)25-21(28)14-26-10-12-27(13-11-26)32(29,30)20-5-3-2-4-18(20)23/h2-9,15H,10-14H2,1H3,(H,24,25,28). The van der Waals surface area contributed by atoms with Gasteiger partial charge in [0.15, 0.2) is 5.13 Å². The van der Waals surface area contributed by atoms with Gasteiger partial charge in [0, 0.05) is 37.1 Å². The summed E-state index contributed by atoms with van der Waals surface area (Å²) < 4.78 is 40.6. The Morgan fingerprint density at radius 3 is 2.47 bits per heavy atom.